The van der Waals surface area contributed by atoms with Crippen LogP contribution in [-0.4, -0.2) is 18.5 Å². The molecule has 0 bridgehead atoms. The number of esters is 1. The number of hydrogen-bond acceptors (Lipinski definition) is 3. The molecular weight excluding hydrogens is 393 g/mol. The first-order valence-electron chi connectivity index (χ1n) is 6.83. The summed E-state index contributed by atoms with van der Waals surface area (Å²) >= 11 is 2.15. The van der Waals surface area contributed by atoms with Gasteiger partial charge in [-0.05, 0) is 59.3 Å². The van der Waals surface area contributed by atoms with Crippen molar-refractivity contribution in [3.05, 3.63) is 69.3 Å². The van der Waals surface area contributed by atoms with Gasteiger partial charge in [0.15, 0.2) is 6.61 Å². The highest BCUT2D eigenvalue weighted by atomic mass is 127. The lowest BCUT2D eigenvalue weighted by Crippen LogP contribution is -2.31. The van der Waals surface area contributed by atoms with Gasteiger partial charge >= 0.3 is 5.97 Å². The molecule has 114 valence electrons. The first kappa shape index (κ1) is 16.5. The normalized spacial score (nSPS) is 11.5. The molecule has 0 heterocycles. The Morgan fingerprint density at radius 3 is 2.36 bits per heavy atom. The second-order valence-electron chi connectivity index (χ2n) is 4.78. The second kappa shape index (κ2) is 7.93. The van der Waals surface area contributed by atoms with Crippen molar-refractivity contribution in [3.8, 4) is 0 Å². The fourth-order valence-corrected chi connectivity index (χ4v) is 2.27. The van der Waals surface area contributed by atoms with Gasteiger partial charge in [0.05, 0.1) is 11.6 Å². The molecule has 2 aromatic carbocycles. The van der Waals surface area contributed by atoms with Crippen molar-refractivity contribution in [2.24, 2.45) is 0 Å². The Kier molecular flexibility index (Phi) is 5.94. The number of hydrogen-bond donors (Lipinski definition) is 1. The van der Waals surface area contributed by atoms with E-state index in [0.29, 0.717) is 5.56 Å². The minimum Gasteiger partial charge on any atom is -0.452 e. The molecular formula is C17H16INO3. The van der Waals surface area contributed by atoms with Crippen molar-refractivity contribution < 1.29 is 14.3 Å². The summed E-state index contributed by atoms with van der Waals surface area (Å²) in [5.41, 5.74) is 1.43. The van der Waals surface area contributed by atoms with Gasteiger partial charge in [-0.15, -0.1) is 0 Å². The number of benzene rings is 2. The average Bonchev–Trinajstić information content (AvgIpc) is 2.54. The molecule has 2 aromatic rings. The van der Waals surface area contributed by atoms with Crippen molar-refractivity contribution in [3.63, 3.8) is 0 Å². The average molecular weight is 409 g/mol. The first-order valence-corrected chi connectivity index (χ1v) is 7.91. The molecule has 0 aliphatic rings. The maximum absolute atomic E-state index is 11.8. The summed E-state index contributed by atoms with van der Waals surface area (Å²) in [6, 6.07) is 16.5. The molecule has 5 heteroatoms. The van der Waals surface area contributed by atoms with E-state index < -0.39 is 5.97 Å². The maximum Gasteiger partial charge on any atom is 0.338 e. The highest BCUT2D eigenvalue weighted by molar-refractivity contribution is 14.1. The molecule has 0 aliphatic heterocycles. The predicted octanol–water partition coefficient (Wildman–Crippen LogP) is 3.33. The lowest BCUT2D eigenvalue weighted by atomic mass is 10.1. The fourth-order valence-electron chi connectivity index (χ4n) is 1.91. The molecule has 0 saturated carbocycles. The molecule has 0 aromatic heterocycles. The number of nitrogens with one attached hydrogen (secondary N) is 1. The predicted molar refractivity (Wildman–Crippen MR) is 92.4 cm³/mol. The summed E-state index contributed by atoms with van der Waals surface area (Å²) in [7, 11) is 0. The molecule has 0 saturated heterocycles. The Bertz CT molecular complexity index is 641. The fraction of sp³-hybridized carbons (Fsp3) is 0.176. The van der Waals surface area contributed by atoms with Gasteiger partial charge < -0.3 is 10.1 Å². The third kappa shape index (κ3) is 4.84. The van der Waals surface area contributed by atoms with E-state index in [4.69, 9.17) is 4.74 Å². The van der Waals surface area contributed by atoms with Gasteiger partial charge in [-0.3, -0.25) is 4.79 Å². The quantitative estimate of drug-likeness (QED) is 0.609. The summed E-state index contributed by atoms with van der Waals surface area (Å²) in [5.74, 6) is -0.825. The van der Waals surface area contributed by atoms with Crippen molar-refractivity contribution in [2.75, 3.05) is 6.61 Å². The molecule has 4 nitrogen and oxygen atoms in total. The van der Waals surface area contributed by atoms with Crippen LogP contribution in [-0.2, 0) is 9.53 Å². The molecule has 0 radical (unpaired) electrons. The van der Waals surface area contributed by atoms with E-state index in [1.807, 2.05) is 49.4 Å². The summed E-state index contributed by atoms with van der Waals surface area (Å²) in [6.07, 6.45) is 0. The molecule has 0 unspecified atom stereocenters. The maximum atomic E-state index is 11.8. The van der Waals surface area contributed by atoms with Gasteiger partial charge in [0.1, 0.15) is 0 Å². The third-order valence-corrected chi connectivity index (χ3v) is 3.81. The van der Waals surface area contributed by atoms with Crippen molar-refractivity contribution in [2.45, 2.75) is 13.0 Å². The van der Waals surface area contributed by atoms with Gasteiger partial charge in [-0.25, -0.2) is 4.79 Å². The number of carbonyl (C=O) groups is 2. The molecule has 1 atom stereocenters. The van der Waals surface area contributed by atoms with Gasteiger partial charge in [-0.2, -0.15) is 0 Å². The Morgan fingerprint density at radius 1 is 1.09 bits per heavy atom. The number of ether oxygens (including phenoxy) is 1. The van der Waals surface area contributed by atoms with E-state index in [1.165, 1.54) is 0 Å². The zero-order chi connectivity index (χ0) is 15.9. The Balaban J connectivity index is 1.82. The van der Waals surface area contributed by atoms with Crippen molar-refractivity contribution in [1.82, 2.24) is 5.32 Å². The molecule has 2 rings (SSSR count). The number of carbonyl (C=O) groups excluding carboxylic acids is 2. The summed E-state index contributed by atoms with van der Waals surface area (Å²) in [6.45, 7) is 1.59. The van der Waals surface area contributed by atoms with E-state index in [-0.39, 0.29) is 18.6 Å². The number of amides is 1. The van der Waals surface area contributed by atoms with Crippen LogP contribution in [0.15, 0.2) is 54.6 Å². The van der Waals surface area contributed by atoms with Gasteiger partial charge in [0.25, 0.3) is 5.91 Å². The second-order valence-corrected chi connectivity index (χ2v) is 6.03. The monoisotopic (exact) mass is 409 g/mol. The van der Waals surface area contributed by atoms with Crippen LogP contribution in [0.5, 0.6) is 0 Å². The molecule has 0 spiro atoms. The largest absolute Gasteiger partial charge is 0.452 e. The summed E-state index contributed by atoms with van der Waals surface area (Å²) in [5, 5.41) is 2.79. The van der Waals surface area contributed by atoms with Crippen LogP contribution in [0.2, 0.25) is 0 Å². The first-order chi connectivity index (χ1) is 10.6. The molecule has 22 heavy (non-hydrogen) atoms. The SMILES string of the molecule is C[C@@H](NC(=O)COC(=O)c1ccc(I)cc1)c1ccccc1. The molecule has 1 N–H and O–H groups in total. The summed E-state index contributed by atoms with van der Waals surface area (Å²) in [4.78, 5) is 23.6. The Morgan fingerprint density at radius 2 is 1.73 bits per heavy atom. The Hall–Kier alpha value is -1.89. The Labute approximate surface area is 143 Å². The van der Waals surface area contributed by atoms with E-state index in [1.54, 1.807) is 12.1 Å². The van der Waals surface area contributed by atoms with E-state index >= 15 is 0 Å². The van der Waals surface area contributed by atoms with Crippen molar-refractivity contribution in [1.29, 1.82) is 0 Å². The van der Waals surface area contributed by atoms with Crippen LogP contribution in [0.3, 0.4) is 0 Å². The molecule has 0 fully saturated rings. The molecule has 1 amide bonds. The van der Waals surface area contributed by atoms with Gasteiger partial charge in [-0.1, -0.05) is 30.3 Å². The minimum atomic E-state index is -0.501. The number of rotatable bonds is 5. The minimum absolute atomic E-state index is 0.134. The highest BCUT2D eigenvalue weighted by Crippen LogP contribution is 2.11. The van der Waals surface area contributed by atoms with E-state index in [2.05, 4.69) is 27.9 Å². The van der Waals surface area contributed by atoms with Crippen LogP contribution >= 0.6 is 22.6 Å². The van der Waals surface area contributed by atoms with Crippen LogP contribution in [0, 0.1) is 3.57 Å². The smallest absolute Gasteiger partial charge is 0.338 e. The van der Waals surface area contributed by atoms with E-state index in [9.17, 15) is 9.59 Å². The zero-order valence-electron chi connectivity index (χ0n) is 12.1. The van der Waals surface area contributed by atoms with Crippen LogP contribution in [0.4, 0.5) is 0 Å². The topological polar surface area (TPSA) is 55.4 Å². The van der Waals surface area contributed by atoms with Gasteiger partial charge in [0.2, 0.25) is 0 Å². The third-order valence-electron chi connectivity index (χ3n) is 3.09. The van der Waals surface area contributed by atoms with E-state index in [0.717, 1.165) is 9.13 Å². The van der Waals surface area contributed by atoms with Gasteiger partial charge in [0, 0.05) is 3.57 Å². The highest BCUT2D eigenvalue weighted by Gasteiger charge is 2.12. The number of halogens is 1. The standard InChI is InChI=1S/C17H16INO3/c1-12(13-5-3-2-4-6-13)19-16(20)11-22-17(21)14-7-9-15(18)10-8-14/h2-10,12H,11H2,1H3,(H,19,20)/t12-/m1/s1. The zero-order valence-corrected chi connectivity index (χ0v) is 14.2. The molecule has 0 aliphatic carbocycles. The van der Waals surface area contributed by atoms with Crippen molar-refractivity contribution >= 4 is 34.5 Å². The van der Waals surface area contributed by atoms with Crippen LogP contribution in [0.25, 0.3) is 0 Å². The van der Waals surface area contributed by atoms with Crippen LogP contribution < -0.4 is 5.32 Å². The lowest BCUT2D eigenvalue weighted by Gasteiger charge is -2.14. The summed E-state index contributed by atoms with van der Waals surface area (Å²) < 4.78 is 6.04. The van der Waals surface area contributed by atoms with Crippen LogP contribution in [0.1, 0.15) is 28.9 Å². The lowest BCUT2D eigenvalue weighted by molar-refractivity contribution is -0.124.